The molecule has 1 aliphatic rings. The average Bonchev–Trinajstić information content (AvgIpc) is 3.46. The topological polar surface area (TPSA) is 89.0 Å². The van der Waals surface area contributed by atoms with E-state index in [1.807, 2.05) is 30.3 Å². The van der Waals surface area contributed by atoms with Gasteiger partial charge in [-0.1, -0.05) is 24.3 Å². The zero-order valence-electron chi connectivity index (χ0n) is 16.8. The maximum absolute atomic E-state index is 13.3. The third-order valence-corrected chi connectivity index (χ3v) is 5.97. The van der Waals surface area contributed by atoms with E-state index < -0.39 is 0 Å². The number of allylic oxidation sites excluding steroid dienone is 1. The lowest BCUT2D eigenvalue weighted by atomic mass is 10.0. The molecule has 8 heteroatoms. The maximum Gasteiger partial charge on any atom is 0.270 e. The molecule has 2 N–H and O–H groups in total. The van der Waals surface area contributed by atoms with Crippen molar-refractivity contribution in [3.05, 3.63) is 75.7 Å². The smallest absolute Gasteiger partial charge is 0.270 e. The molecule has 0 fully saturated rings. The normalized spacial score (nSPS) is 13.9. The van der Waals surface area contributed by atoms with E-state index >= 15 is 0 Å². The number of nitrogens with zero attached hydrogens (tertiary/aromatic N) is 3. The molecule has 4 aromatic rings. The first-order chi connectivity index (χ1) is 15.2. The lowest BCUT2D eigenvalue weighted by Crippen LogP contribution is -2.31. The number of anilines is 1. The number of carbonyl (C=O) groups excluding carboxylic acids is 1. The van der Waals surface area contributed by atoms with Crippen LogP contribution in [0.4, 0.5) is 5.95 Å². The standard InChI is InChI=1S/C23H19N5O2S/c1-30-19-10-11-24-23(26-19)28-27-22(29)20-16-6-2-3-7-18(16)25-21-14(8-9-17(20)21)13-15-5-4-12-31-15/h2-7,10-13H,8-9H2,1H3,(H,27,29)(H,24,26,28)/b14-13+. The van der Waals surface area contributed by atoms with Crippen molar-refractivity contribution in [3.63, 3.8) is 0 Å². The quantitative estimate of drug-likeness (QED) is 0.459. The number of aromatic nitrogens is 3. The molecule has 5 rings (SSSR count). The molecule has 31 heavy (non-hydrogen) atoms. The predicted molar refractivity (Wildman–Crippen MR) is 122 cm³/mol. The lowest BCUT2D eigenvalue weighted by Gasteiger charge is -2.13. The van der Waals surface area contributed by atoms with E-state index in [0.717, 1.165) is 40.6 Å². The fourth-order valence-corrected chi connectivity index (χ4v) is 4.46. The summed E-state index contributed by atoms with van der Waals surface area (Å²) < 4.78 is 5.10. The Morgan fingerprint density at radius 3 is 2.87 bits per heavy atom. The van der Waals surface area contributed by atoms with E-state index in [1.54, 1.807) is 23.6 Å². The van der Waals surface area contributed by atoms with Gasteiger partial charge < -0.3 is 4.74 Å². The summed E-state index contributed by atoms with van der Waals surface area (Å²) in [6.45, 7) is 0. The van der Waals surface area contributed by atoms with Gasteiger partial charge in [0, 0.05) is 22.5 Å². The number of benzene rings is 1. The first kappa shape index (κ1) is 19.2. The third kappa shape index (κ3) is 3.73. The van der Waals surface area contributed by atoms with Crippen molar-refractivity contribution in [3.8, 4) is 5.88 Å². The third-order valence-electron chi connectivity index (χ3n) is 5.16. The van der Waals surface area contributed by atoms with Crippen LogP contribution in [0.15, 0.2) is 54.0 Å². The molecule has 7 nitrogen and oxygen atoms in total. The highest BCUT2D eigenvalue weighted by Crippen LogP contribution is 2.37. The Morgan fingerprint density at radius 1 is 1.13 bits per heavy atom. The molecule has 1 aromatic carbocycles. The number of nitrogens with one attached hydrogen (secondary N) is 2. The Bertz CT molecular complexity index is 1300. The number of carbonyl (C=O) groups is 1. The number of hydrogen-bond donors (Lipinski definition) is 2. The van der Waals surface area contributed by atoms with E-state index in [9.17, 15) is 4.79 Å². The van der Waals surface area contributed by atoms with Crippen LogP contribution in [0.2, 0.25) is 0 Å². The van der Waals surface area contributed by atoms with Crippen LogP contribution < -0.4 is 15.6 Å². The van der Waals surface area contributed by atoms with Crippen molar-refractivity contribution in [2.24, 2.45) is 0 Å². The van der Waals surface area contributed by atoms with E-state index in [-0.39, 0.29) is 11.9 Å². The summed E-state index contributed by atoms with van der Waals surface area (Å²) in [5.41, 5.74) is 9.96. The minimum absolute atomic E-state index is 0.251. The highest BCUT2D eigenvalue weighted by atomic mass is 32.1. The van der Waals surface area contributed by atoms with Crippen LogP contribution in [0.25, 0.3) is 22.6 Å². The van der Waals surface area contributed by atoms with E-state index in [4.69, 9.17) is 9.72 Å². The Hall–Kier alpha value is -3.78. The fourth-order valence-electron chi connectivity index (χ4n) is 3.77. The number of para-hydroxylation sites is 1. The summed E-state index contributed by atoms with van der Waals surface area (Å²) in [5, 5.41) is 2.88. The summed E-state index contributed by atoms with van der Waals surface area (Å²) in [6, 6.07) is 13.5. The Kier molecular flexibility index (Phi) is 5.05. The van der Waals surface area contributed by atoms with Crippen LogP contribution in [-0.4, -0.2) is 28.0 Å². The van der Waals surface area contributed by atoms with Gasteiger partial charge in [-0.15, -0.1) is 11.3 Å². The Labute approximate surface area is 182 Å². The highest BCUT2D eigenvalue weighted by Gasteiger charge is 2.27. The summed E-state index contributed by atoms with van der Waals surface area (Å²) in [6.07, 6.45) is 5.34. The maximum atomic E-state index is 13.3. The molecule has 0 unspecified atom stereocenters. The number of rotatable bonds is 5. The van der Waals surface area contributed by atoms with Gasteiger partial charge in [0.1, 0.15) is 0 Å². The summed E-state index contributed by atoms with van der Waals surface area (Å²) in [7, 11) is 1.53. The van der Waals surface area contributed by atoms with Crippen LogP contribution in [-0.2, 0) is 6.42 Å². The van der Waals surface area contributed by atoms with Gasteiger partial charge >= 0.3 is 0 Å². The molecule has 0 spiro atoms. The van der Waals surface area contributed by atoms with Crippen molar-refractivity contribution >= 4 is 45.7 Å². The van der Waals surface area contributed by atoms with Crippen LogP contribution in [0, 0.1) is 0 Å². The number of ether oxygens (including phenoxy) is 1. The first-order valence-corrected chi connectivity index (χ1v) is 10.7. The van der Waals surface area contributed by atoms with Crippen LogP contribution >= 0.6 is 11.3 Å². The van der Waals surface area contributed by atoms with Gasteiger partial charge in [0.2, 0.25) is 11.8 Å². The SMILES string of the molecule is COc1ccnc(NNC(=O)c2c3c(nc4ccccc24)/C(=C/c2cccs2)CC3)n1. The molecule has 3 heterocycles. The largest absolute Gasteiger partial charge is 0.481 e. The molecule has 1 amide bonds. The van der Waals surface area contributed by atoms with E-state index in [0.29, 0.717) is 11.4 Å². The minimum Gasteiger partial charge on any atom is -0.481 e. The second-order valence-corrected chi connectivity index (χ2v) is 8.00. The average molecular weight is 430 g/mol. The molecule has 0 radical (unpaired) electrons. The van der Waals surface area contributed by atoms with Crippen LogP contribution in [0.5, 0.6) is 5.88 Å². The highest BCUT2D eigenvalue weighted by molar-refractivity contribution is 7.10. The number of pyridine rings is 1. The monoisotopic (exact) mass is 429 g/mol. The molecule has 154 valence electrons. The molecule has 0 saturated carbocycles. The van der Waals surface area contributed by atoms with Crippen molar-refractivity contribution in [2.45, 2.75) is 12.8 Å². The van der Waals surface area contributed by atoms with Gasteiger partial charge in [-0.2, -0.15) is 4.98 Å². The summed E-state index contributed by atoms with van der Waals surface area (Å²) >= 11 is 1.69. The molecule has 0 atom stereocenters. The van der Waals surface area contributed by atoms with Gasteiger partial charge in [-0.25, -0.2) is 9.97 Å². The molecular weight excluding hydrogens is 410 g/mol. The summed E-state index contributed by atoms with van der Waals surface area (Å²) in [5.74, 6) is 0.407. The van der Waals surface area contributed by atoms with Crippen molar-refractivity contribution < 1.29 is 9.53 Å². The Morgan fingerprint density at radius 2 is 2.03 bits per heavy atom. The van der Waals surface area contributed by atoms with E-state index in [1.165, 1.54) is 12.0 Å². The van der Waals surface area contributed by atoms with Crippen molar-refractivity contribution in [2.75, 3.05) is 12.5 Å². The number of hydrazine groups is 1. The number of methoxy groups -OCH3 is 1. The van der Waals surface area contributed by atoms with Crippen molar-refractivity contribution in [1.29, 1.82) is 0 Å². The van der Waals surface area contributed by atoms with Crippen molar-refractivity contribution in [1.82, 2.24) is 20.4 Å². The van der Waals surface area contributed by atoms with Gasteiger partial charge in [0.15, 0.2) is 0 Å². The molecule has 0 aliphatic heterocycles. The van der Waals surface area contributed by atoms with Crippen LogP contribution in [0.3, 0.4) is 0 Å². The number of amides is 1. The lowest BCUT2D eigenvalue weighted by molar-refractivity contribution is 0.0963. The van der Waals surface area contributed by atoms with E-state index in [2.05, 4.69) is 38.3 Å². The molecule has 0 bridgehead atoms. The van der Waals surface area contributed by atoms with Crippen LogP contribution in [0.1, 0.15) is 32.9 Å². The zero-order valence-corrected chi connectivity index (χ0v) is 17.6. The molecular formula is C23H19N5O2S. The first-order valence-electron chi connectivity index (χ1n) is 9.82. The number of thiophene rings is 1. The Balaban J connectivity index is 1.53. The second kappa shape index (κ2) is 8.16. The molecule has 0 saturated heterocycles. The molecule has 1 aliphatic carbocycles. The summed E-state index contributed by atoms with van der Waals surface area (Å²) in [4.78, 5) is 27.6. The zero-order chi connectivity index (χ0) is 21.2. The van der Waals surface area contributed by atoms with Gasteiger partial charge in [0.25, 0.3) is 5.91 Å². The number of fused-ring (bicyclic) bond motifs is 2. The fraction of sp³-hybridized carbons (Fsp3) is 0.130. The van der Waals surface area contributed by atoms with Gasteiger partial charge in [-0.05, 0) is 47.6 Å². The molecule has 3 aromatic heterocycles. The predicted octanol–water partition coefficient (Wildman–Crippen LogP) is 4.34. The second-order valence-electron chi connectivity index (χ2n) is 7.02. The van der Waals surface area contributed by atoms with Gasteiger partial charge in [-0.3, -0.25) is 15.6 Å². The minimum atomic E-state index is -0.251. The number of hydrogen-bond acceptors (Lipinski definition) is 7. The van der Waals surface area contributed by atoms with Gasteiger partial charge in [0.05, 0.1) is 23.9 Å².